The van der Waals surface area contributed by atoms with Gasteiger partial charge in [0, 0.05) is 130 Å². The van der Waals surface area contributed by atoms with E-state index >= 15 is 0 Å². The summed E-state index contributed by atoms with van der Waals surface area (Å²) in [6.07, 6.45) is 17.0. The van der Waals surface area contributed by atoms with E-state index in [0.717, 1.165) is 32.1 Å². The zero-order valence-electron chi connectivity index (χ0n) is 49.8. The lowest BCUT2D eigenvalue weighted by molar-refractivity contribution is -0.118. The molecule has 0 N–H and O–H groups in total. The standard InChI is InChI=1S/C78H84N8/c1-9-29-55(30-10-1)79(56-31-11-2-12-32-56)63-49-73-77-75(51-63)83(61-41-21-7-22-42-61)69-53-70-72(54-71(69)85(77)67-47-27-25-45-65(67)81(73)59-37-17-5-18-38-59)86-68-48-28-26-46-66(68)82(60-39-19-6-20-40-60)74-50-64(52-76(78(74)86)84(70)62-43-23-8-24-44-62)80(57-33-13-3-14-34-57)58-35-15-4-16-36-58/h1-24,29-44,63-78H,25-28,45-54H2. The summed E-state index contributed by atoms with van der Waals surface area (Å²) in [6.45, 7) is 0. The molecule has 16 atom stereocenters. The molecular formula is C78H84N8. The highest BCUT2D eigenvalue weighted by atomic mass is 15.5. The first-order chi connectivity index (χ1) is 42.7. The van der Waals surface area contributed by atoms with Crippen molar-refractivity contribution in [2.24, 2.45) is 0 Å². The summed E-state index contributed by atoms with van der Waals surface area (Å²) < 4.78 is 0. The van der Waals surface area contributed by atoms with Gasteiger partial charge in [0.2, 0.25) is 0 Å². The zero-order chi connectivity index (χ0) is 56.7. The normalized spacial score (nSPS) is 32.7. The van der Waals surface area contributed by atoms with E-state index in [1.807, 2.05) is 0 Å². The van der Waals surface area contributed by atoms with E-state index in [2.05, 4.69) is 282 Å². The molecular weight excluding hydrogens is 1050 g/mol. The lowest BCUT2D eigenvalue weighted by Gasteiger charge is -2.74. The van der Waals surface area contributed by atoms with Crippen molar-refractivity contribution in [2.45, 2.75) is 187 Å². The van der Waals surface area contributed by atoms with Gasteiger partial charge in [0.1, 0.15) is 0 Å². The smallest absolute Gasteiger partial charge is 0.0512 e. The van der Waals surface area contributed by atoms with Crippen molar-refractivity contribution in [3.63, 3.8) is 0 Å². The Kier molecular flexibility index (Phi) is 13.7. The van der Waals surface area contributed by atoms with Crippen molar-refractivity contribution in [3.8, 4) is 0 Å². The van der Waals surface area contributed by atoms with Crippen LogP contribution in [-0.2, 0) is 0 Å². The second-order valence-corrected chi connectivity index (χ2v) is 27.0. The molecule has 8 nitrogen and oxygen atoms in total. The van der Waals surface area contributed by atoms with Crippen LogP contribution in [0.1, 0.15) is 89.9 Å². The van der Waals surface area contributed by atoms with Crippen LogP contribution >= 0.6 is 0 Å². The van der Waals surface area contributed by atoms with Crippen LogP contribution in [0.5, 0.6) is 0 Å². The van der Waals surface area contributed by atoms with Crippen LogP contribution in [0, 0.1) is 0 Å². The minimum absolute atomic E-state index is 0.270. The zero-order valence-corrected chi connectivity index (χ0v) is 49.8. The molecule has 16 unspecified atom stereocenters. The summed E-state index contributed by atoms with van der Waals surface area (Å²) in [4.78, 5) is 24.6. The Balaban J connectivity index is 0.861. The van der Waals surface area contributed by atoms with Crippen LogP contribution in [0.2, 0.25) is 0 Å². The number of para-hydroxylation sites is 8. The van der Waals surface area contributed by atoms with Crippen molar-refractivity contribution in [3.05, 3.63) is 243 Å². The third-order valence-corrected chi connectivity index (χ3v) is 23.0. The third-order valence-electron chi connectivity index (χ3n) is 23.0. The molecule has 5 saturated carbocycles. The highest BCUT2D eigenvalue weighted by Crippen LogP contribution is 2.58. The average molecular weight is 1130 g/mol. The Morgan fingerprint density at radius 3 is 0.733 bits per heavy atom. The van der Waals surface area contributed by atoms with Crippen LogP contribution in [0.15, 0.2) is 243 Å². The molecule has 0 bridgehead atoms. The number of piperazine rings is 4. The fraction of sp³-hybridized carbons (Fsp3) is 0.385. The quantitative estimate of drug-likeness (QED) is 0.134. The van der Waals surface area contributed by atoms with Crippen molar-refractivity contribution in [1.29, 1.82) is 0 Å². The highest BCUT2D eigenvalue weighted by molar-refractivity contribution is 5.68. The molecule has 4 saturated heterocycles. The van der Waals surface area contributed by atoms with E-state index in [9.17, 15) is 0 Å². The first-order valence-electron chi connectivity index (χ1n) is 33.4. The van der Waals surface area contributed by atoms with Gasteiger partial charge in [0.15, 0.2) is 0 Å². The van der Waals surface area contributed by atoms with Gasteiger partial charge in [-0.3, -0.25) is 9.80 Å². The van der Waals surface area contributed by atoms with Gasteiger partial charge in [-0.15, -0.1) is 0 Å². The fourth-order valence-corrected chi connectivity index (χ4v) is 20.4. The van der Waals surface area contributed by atoms with Crippen molar-refractivity contribution in [1.82, 2.24) is 9.80 Å². The first-order valence-corrected chi connectivity index (χ1v) is 33.4. The van der Waals surface area contributed by atoms with Gasteiger partial charge < -0.3 is 29.4 Å². The molecule has 9 fully saturated rings. The first kappa shape index (κ1) is 52.8. The lowest BCUT2D eigenvalue weighted by atomic mass is 9.63. The largest absolute Gasteiger partial charge is 0.362 e. The summed E-state index contributed by atoms with van der Waals surface area (Å²) in [7, 11) is 0. The Labute approximate surface area is 511 Å². The van der Waals surface area contributed by atoms with Crippen molar-refractivity contribution in [2.75, 3.05) is 29.4 Å². The Morgan fingerprint density at radius 1 is 0.221 bits per heavy atom. The fourth-order valence-electron chi connectivity index (χ4n) is 20.4. The van der Waals surface area contributed by atoms with Gasteiger partial charge in [-0.2, -0.15) is 0 Å². The van der Waals surface area contributed by atoms with Gasteiger partial charge in [-0.05, 0) is 161 Å². The van der Waals surface area contributed by atoms with Gasteiger partial charge in [0.05, 0.1) is 12.1 Å². The van der Waals surface area contributed by atoms with Crippen LogP contribution in [0.4, 0.5) is 45.5 Å². The summed E-state index contributed by atoms with van der Waals surface area (Å²) in [5, 5.41) is 0. The second kappa shape index (κ2) is 22.3. The van der Waals surface area contributed by atoms with E-state index in [-0.39, 0.29) is 24.2 Å². The molecule has 86 heavy (non-hydrogen) atoms. The molecule has 5 aliphatic carbocycles. The third kappa shape index (κ3) is 8.80. The van der Waals surface area contributed by atoms with E-state index in [4.69, 9.17) is 0 Å². The predicted octanol–water partition coefficient (Wildman–Crippen LogP) is 15.8. The average Bonchev–Trinajstić information content (AvgIpc) is 0.707. The number of hydrogen-bond acceptors (Lipinski definition) is 8. The second-order valence-electron chi connectivity index (χ2n) is 27.0. The number of nitrogens with zero attached hydrogens (tertiary/aromatic N) is 8. The van der Waals surface area contributed by atoms with Crippen LogP contribution in [0.3, 0.4) is 0 Å². The maximum absolute atomic E-state index is 3.37. The number of anilines is 8. The van der Waals surface area contributed by atoms with Crippen LogP contribution in [0.25, 0.3) is 0 Å². The topological polar surface area (TPSA) is 25.9 Å². The molecule has 8 aromatic rings. The molecule has 4 heterocycles. The molecule has 0 aromatic heterocycles. The maximum atomic E-state index is 3.37. The Bertz CT molecular complexity index is 3220. The van der Waals surface area contributed by atoms with Crippen LogP contribution < -0.4 is 29.4 Å². The summed E-state index contributed by atoms with van der Waals surface area (Å²) in [5.41, 5.74) is 10.9. The van der Waals surface area contributed by atoms with Crippen molar-refractivity contribution < 1.29 is 0 Å². The van der Waals surface area contributed by atoms with E-state index in [0.29, 0.717) is 72.5 Å². The van der Waals surface area contributed by atoms with Gasteiger partial charge in [-0.25, -0.2) is 0 Å². The number of rotatable bonds is 10. The minimum Gasteiger partial charge on any atom is -0.362 e. The van der Waals surface area contributed by atoms with E-state index in [1.165, 1.54) is 103 Å². The van der Waals surface area contributed by atoms with Crippen molar-refractivity contribution >= 4 is 45.5 Å². The molecule has 0 radical (unpaired) electrons. The van der Waals surface area contributed by atoms with Crippen LogP contribution in [-0.4, -0.2) is 106 Å². The molecule has 8 aromatic carbocycles. The minimum atomic E-state index is 0.270. The number of fused-ring (bicyclic) bond motifs is 8. The molecule has 8 heteroatoms. The number of benzene rings is 8. The molecule has 17 rings (SSSR count). The lowest BCUT2D eigenvalue weighted by Crippen LogP contribution is -2.87. The summed E-state index contributed by atoms with van der Waals surface area (Å²) in [5.74, 6) is 0. The SMILES string of the molecule is c1ccc(N(c2ccccc2)C2CC3C4C(C2)N(c2ccccc2)C2CC5C(CC2N4C2CCCCC2N3c2ccccc2)N2C3CCCCC3N(c3ccccc3)C3CC(N(c4ccccc4)c4ccccc4)CC(C32)N5c2ccccc2)cc1. The Hall–Kier alpha value is -7.52. The summed E-state index contributed by atoms with van der Waals surface area (Å²) in [6, 6.07) is 99.2. The Morgan fingerprint density at radius 2 is 0.453 bits per heavy atom. The maximum Gasteiger partial charge on any atom is 0.0512 e. The molecule has 9 aliphatic rings. The summed E-state index contributed by atoms with van der Waals surface area (Å²) >= 11 is 0. The molecule has 0 amide bonds. The van der Waals surface area contributed by atoms with Gasteiger partial charge in [-0.1, -0.05) is 171 Å². The molecule has 4 aliphatic heterocycles. The van der Waals surface area contributed by atoms with E-state index in [1.54, 1.807) is 0 Å². The molecule has 0 spiro atoms. The van der Waals surface area contributed by atoms with E-state index < -0.39 is 0 Å². The van der Waals surface area contributed by atoms with Gasteiger partial charge >= 0.3 is 0 Å². The van der Waals surface area contributed by atoms with Gasteiger partial charge in [0.25, 0.3) is 0 Å². The highest BCUT2D eigenvalue weighted by Gasteiger charge is 2.68. The predicted molar refractivity (Wildman–Crippen MR) is 355 cm³/mol. The molecule has 436 valence electrons. The number of hydrogen-bond donors (Lipinski definition) is 0. The monoisotopic (exact) mass is 1130 g/mol.